The molecule has 2 aromatic carbocycles. The van der Waals surface area contributed by atoms with Gasteiger partial charge in [-0.2, -0.15) is 0 Å². The number of rotatable bonds is 14. The third-order valence-electron chi connectivity index (χ3n) is 8.86. The maximum atomic E-state index is 14.4. The lowest BCUT2D eigenvalue weighted by molar-refractivity contribution is -0.160. The largest absolute Gasteiger partial charge is 0.455 e. The third kappa shape index (κ3) is 6.14. The van der Waals surface area contributed by atoms with Crippen LogP contribution in [0, 0.1) is 11.8 Å². The summed E-state index contributed by atoms with van der Waals surface area (Å²) < 4.78 is 12.5. The van der Waals surface area contributed by atoms with Crippen LogP contribution in [0.4, 0.5) is 5.69 Å². The number of hydrogen-bond acceptors (Lipinski definition) is 7. The van der Waals surface area contributed by atoms with E-state index in [4.69, 9.17) is 21.1 Å². The summed E-state index contributed by atoms with van der Waals surface area (Å²) in [6, 6.07) is 14.8. The van der Waals surface area contributed by atoms with Crippen molar-refractivity contribution < 1.29 is 33.8 Å². The molecule has 6 atom stereocenters. The lowest BCUT2D eigenvalue weighted by atomic mass is 9.70. The van der Waals surface area contributed by atoms with E-state index >= 15 is 0 Å². The minimum atomic E-state index is -1.29. The summed E-state index contributed by atoms with van der Waals surface area (Å²) in [5.74, 6) is -3.69. The Labute approximate surface area is 267 Å². The Morgan fingerprint density at radius 1 is 1.16 bits per heavy atom. The van der Waals surface area contributed by atoms with E-state index < -0.39 is 53.5 Å². The molecule has 2 bridgehead atoms. The van der Waals surface area contributed by atoms with E-state index in [0.717, 1.165) is 0 Å². The first-order chi connectivity index (χ1) is 21.8. The van der Waals surface area contributed by atoms with E-state index in [9.17, 15) is 24.3 Å². The SMILES string of the molecule is C=CCCC(=O)NC[C@@H](OC(=O)[C@@H]1[C@H]2C(=O)N(CCO)[C@H](C(=O)N(CC=C)c3ccccc3Cl)[C@]23CC[C@H]1O3)c1ccccc1. The van der Waals surface area contributed by atoms with Gasteiger partial charge in [-0.15, -0.1) is 13.2 Å². The molecule has 3 amide bonds. The third-order valence-corrected chi connectivity index (χ3v) is 9.18. The maximum Gasteiger partial charge on any atom is 0.313 e. The highest BCUT2D eigenvalue weighted by molar-refractivity contribution is 6.34. The molecule has 3 heterocycles. The van der Waals surface area contributed by atoms with Crippen LogP contribution in [0.1, 0.15) is 37.4 Å². The van der Waals surface area contributed by atoms with Crippen molar-refractivity contribution in [3.63, 3.8) is 0 Å². The summed E-state index contributed by atoms with van der Waals surface area (Å²) in [4.78, 5) is 57.6. The molecule has 11 heteroatoms. The molecule has 3 aliphatic heterocycles. The molecule has 0 radical (unpaired) electrons. The van der Waals surface area contributed by atoms with Crippen LogP contribution in [0.25, 0.3) is 0 Å². The Kier molecular flexibility index (Phi) is 10.1. The normalized spacial score (nSPS) is 25.4. The fourth-order valence-electron chi connectivity index (χ4n) is 6.95. The number of nitrogens with one attached hydrogen (secondary N) is 1. The number of para-hydroxylation sites is 1. The Balaban J connectivity index is 1.44. The number of carbonyl (C=O) groups is 4. The molecule has 3 saturated heterocycles. The van der Waals surface area contributed by atoms with Crippen molar-refractivity contribution in [2.24, 2.45) is 11.8 Å². The Morgan fingerprint density at radius 3 is 2.58 bits per heavy atom. The predicted octanol–water partition coefficient (Wildman–Crippen LogP) is 3.59. The number of nitrogens with zero attached hydrogens (tertiary/aromatic N) is 2. The van der Waals surface area contributed by atoms with E-state index in [1.807, 2.05) is 18.2 Å². The van der Waals surface area contributed by atoms with Crippen molar-refractivity contribution in [3.8, 4) is 0 Å². The summed E-state index contributed by atoms with van der Waals surface area (Å²) in [6.45, 7) is 7.10. The monoisotopic (exact) mass is 635 g/mol. The van der Waals surface area contributed by atoms with E-state index in [1.165, 1.54) is 9.80 Å². The summed E-state index contributed by atoms with van der Waals surface area (Å²) in [5, 5.41) is 13.1. The van der Waals surface area contributed by atoms with Gasteiger partial charge in [-0.25, -0.2) is 0 Å². The second-order valence-electron chi connectivity index (χ2n) is 11.5. The number of aliphatic hydroxyl groups excluding tert-OH is 1. The van der Waals surface area contributed by atoms with Gasteiger partial charge in [-0.05, 0) is 37.0 Å². The number of anilines is 1. The Morgan fingerprint density at radius 2 is 1.89 bits per heavy atom. The number of likely N-dealkylation sites (tertiary alicyclic amines) is 1. The van der Waals surface area contributed by atoms with Gasteiger partial charge in [0.15, 0.2) is 0 Å². The molecular weight excluding hydrogens is 598 g/mol. The number of aliphatic hydroxyl groups is 1. The molecule has 3 fully saturated rings. The molecule has 0 saturated carbocycles. The lowest BCUT2D eigenvalue weighted by Gasteiger charge is -2.36. The Hall–Kier alpha value is -3.99. The number of benzene rings is 2. The molecule has 0 unspecified atom stereocenters. The van der Waals surface area contributed by atoms with Gasteiger partial charge in [0.25, 0.3) is 5.91 Å². The van der Waals surface area contributed by atoms with Crippen molar-refractivity contribution in [1.82, 2.24) is 10.2 Å². The zero-order valence-electron chi connectivity index (χ0n) is 25.0. The number of halogens is 1. The molecule has 10 nitrogen and oxygen atoms in total. The van der Waals surface area contributed by atoms with Crippen molar-refractivity contribution >= 4 is 41.0 Å². The highest BCUT2D eigenvalue weighted by Crippen LogP contribution is 2.59. The number of allylic oxidation sites excluding steroid dienone is 1. The van der Waals surface area contributed by atoms with E-state index in [2.05, 4.69) is 18.5 Å². The number of ether oxygens (including phenoxy) is 2. The van der Waals surface area contributed by atoms with Crippen LogP contribution in [-0.2, 0) is 28.7 Å². The summed E-state index contributed by atoms with van der Waals surface area (Å²) in [5.41, 5.74) is -0.162. The van der Waals surface area contributed by atoms with Crippen LogP contribution in [0.2, 0.25) is 5.02 Å². The highest BCUT2D eigenvalue weighted by atomic mass is 35.5. The topological polar surface area (TPSA) is 125 Å². The first-order valence-electron chi connectivity index (χ1n) is 15.2. The highest BCUT2D eigenvalue weighted by Gasteiger charge is 2.75. The molecule has 45 heavy (non-hydrogen) atoms. The van der Waals surface area contributed by atoms with Crippen molar-refractivity contribution in [2.75, 3.05) is 31.1 Å². The smallest absolute Gasteiger partial charge is 0.313 e. The minimum Gasteiger partial charge on any atom is -0.455 e. The van der Waals surface area contributed by atoms with Gasteiger partial charge in [-0.1, -0.05) is 66.2 Å². The number of amides is 3. The molecule has 0 aromatic heterocycles. The second-order valence-corrected chi connectivity index (χ2v) is 11.9. The average molecular weight is 636 g/mol. The molecule has 2 N–H and O–H groups in total. The molecule has 0 aliphatic carbocycles. The number of hydrogen-bond donors (Lipinski definition) is 2. The van der Waals surface area contributed by atoms with Crippen LogP contribution in [0.15, 0.2) is 79.9 Å². The number of β-amino-alcohol motifs (C(OH)–C–C–N with tert-alkyl or cyclic N) is 1. The van der Waals surface area contributed by atoms with Gasteiger partial charge in [0.05, 0.1) is 41.8 Å². The molecule has 3 aliphatic rings. The summed E-state index contributed by atoms with van der Waals surface area (Å²) >= 11 is 6.48. The number of esters is 1. The Bertz CT molecular complexity index is 1450. The first-order valence-corrected chi connectivity index (χ1v) is 15.5. The van der Waals surface area contributed by atoms with E-state index in [0.29, 0.717) is 35.5 Å². The van der Waals surface area contributed by atoms with Gasteiger partial charge in [-0.3, -0.25) is 19.2 Å². The van der Waals surface area contributed by atoms with Crippen LogP contribution in [-0.4, -0.2) is 77.7 Å². The average Bonchev–Trinajstić information content (AvgIpc) is 3.69. The van der Waals surface area contributed by atoms with Crippen LogP contribution < -0.4 is 10.2 Å². The molecule has 1 spiro atoms. The minimum absolute atomic E-state index is 0.0415. The van der Waals surface area contributed by atoms with Gasteiger partial charge in [0, 0.05) is 19.5 Å². The fourth-order valence-corrected chi connectivity index (χ4v) is 7.18. The molecule has 2 aromatic rings. The van der Waals surface area contributed by atoms with Crippen LogP contribution in [0.3, 0.4) is 0 Å². The number of carbonyl (C=O) groups excluding carboxylic acids is 4. The zero-order chi connectivity index (χ0) is 32.1. The standard InChI is InChI=1S/C34H38ClN3O7/c1-3-5-15-27(40)36-21-26(22-11-7-6-8-12-22)44-33(43)28-25-16-17-34(45-25)29(28)31(41)38(19-20-39)30(34)32(42)37(18-4-2)24-14-10-9-13-23(24)35/h3-4,6-14,25-26,28-30,39H,1-2,5,15-21H2,(H,36,40)/t25-,26-,28+,29+,30-,34+/m1/s1. The lowest BCUT2D eigenvalue weighted by Crippen LogP contribution is -2.57. The molecule has 238 valence electrons. The zero-order valence-corrected chi connectivity index (χ0v) is 25.7. The van der Waals surface area contributed by atoms with Gasteiger partial charge < -0.3 is 29.7 Å². The number of fused-ring (bicyclic) bond motifs is 1. The van der Waals surface area contributed by atoms with Crippen molar-refractivity contribution in [3.05, 3.63) is 90.5 Å². The first kappa shape index (κ1) is 32.4. The summed E-state index contributed by atoms with van der Waals surface area (Å²) in [6.07, 6.45) is 3.36. The van der Waals surface area contributed by atoms with Crippen LogP contribution in [0.5, 0.6) is 0 Å². The second kappa shape index (κ2) is 14.0. The quantitative estimate of drug-likeness (QED) is 0.240. The van der Waals surface area contributed by atoms with Crippen molar-refractivity contribution in [1.29, 1.82) is 0 Å². The maximum absolute atomic E-state index is 14.4. The van der Waals surface area contributed by atoms with Crippen LogP contribution >= 0.6 is 11.6 Å². The molecule has 5 rings (SSSR count). The fraction of sp³-hybridized carbons (Fsp3) is 0.412. The van der Waals surface area contributed by atoms with Gasteiger partial charge in [0.2, 0.25) is 11.8 Å². The van der Waals surface area contributed by atoms with E-state index in [1.54, 1.807) is 48.6 Å². The van der Waals surface area contributed by atoms with Crippen molar-refractivity contribution in [2.45, 2.75) is 49.5 Å². The summed E-state index contributed by atoms with van der Waals surface area (Å²) in [7, 11) is 0. The van der Waals surface area contributed by atoms with E-state index in [-0.39, 0.29) is 38.6 Å². The van der Waals surface area contributed by atoms with Gasteiger partial charge in [0.1, 0.15) is 17.7 Å². The predicted molar refractivity (Wildman–Crippen MR) is 168 cm³/mol. The van der Waals surface area contributed by atoms with Gasteiger partial charge >= 0.3 is 5.97 Å². The molecular formula is C34H38ClN3O7.